The molecule has 1 fully saturated rings. The van der Waals surface area contributed by atoms with Gasteiger partial charge < -0.3 is 9.57 Å². The Hall–Kier alpha value is -3.34. The van der Waals surface area contributed by atoms with E-state index in [9.17, 15) is 24.1 Å². The normalized spacial score (nSPS) is 14.6. The van der Waals surface area contributed by atoms with Crippen LogP contribution in [0, 0.1) is 4.91 Å². The number of carbonyl (C=O) groups excluding carboxylic acids is 4. The summed E-state index contributed by atoms with van der Waals surface area (Å²) in [4.78, 5) is 65.5. The van der Waals surface area contributed by atoms with Crippen molar-refractivity contribution in [2.75, 3.05) is 13.2 Å². The van der Waals surface area contributed by atoms with Crippen molar-refractivity contribution in [2.45, 2.75) is 25.7 Å². The molecule has 11 nitrogen and oxygen atoms in total. The Labute approximate surface area is 153 Å². The first kappa shape index (κ1) is 20.0. The van der Waals surface area contributed by atoms with Crippen LogP contribution in [0.2, 0.25) is 0 Å². The largest absolute Gasteiger partial charge is 0.447 e. The fourth-order valence-electron chi connectivity index (χ4n) is 2.25. The standard InChI is InChI=1S/C16H17N3O8/c1-10(11-4-2-3-5-12(11)17-24)8-25-16(23)18-26-9-15(22)27-19-13(20)6-7-14(19)21/h2-5,10H,6-9H2,1H3,(H,18,23). The summed E-state index contributed by atoms with van der Waals surface area (Å²) in [5.74, 6) is -2.60. The van der Waals surface area contributed by atoms with Gasteiger partial charge in [-0.25, -0.2) is 9.59 Å². The van der Waals surface area contributed by atoms with Crippen molar-refractivity contribution in [1.29, 1.82) is 0 Å². The lowest BCUT2D eigenvalue weighted by Gasteiger charge is -2.14. The molecule has 2 rings (SSSR count). The van der Waals surface area contributed by atoms with E-state index in [0.29, 0.717) is 10.6 Å². The number of hydrogen-bond acceptors (Lipinski definition) is 9. The van der Waals surface area contributed by atoms with Gasteiger partial charge in [0.15, 0.2) is 6.61 Å². The van der Waals surface area contributed by atoms with Crippen molar-refractivity contribution in [2.24, 2.45) is 5.18 Å². The SMILES string of the molecule is CC(COC(=O)NOCC(=O)ON1C(=O)CCC1=O)c1ccccc1N=O. The molecule has 144 valence electrons. The quantitative estimate of drug-likeness (QED) is 0.406. The van der Waals surface area contributed by atoms with E-state index in [1.807, 2.05) is 5.48 Å². The number of imide groups is 1. The third kappa shape index (κ3) is 5.57. The highest BCUT2D eigenvalue weighted by atomic mass is 16.8. The fourth-order valence-corrected chi connectivity index (χ4v) is 2.25. The lowest BCUT2D eigenvalue weighted by atomic mass is 10.0. The van der Waals surface area contributed by atoms with E-state index in [-0.39, 0.29) is 31.1 Å². The van der Waals surface area contributed by atoms with Crippen LogP contribution in [0.15, 0.2) is 29.4 Å². The Kier molecular flexibility index (Phi) is 6.94. The van der Waals surface area contributed by atoms with E-state index in [0.717, 1.165) is 0 Å². The third-order valence-electron chi connectivity index (χ3n) is 3.57. The van der Waals surface area contributed by atoms with Gasteiger partial charge in [0, 0.05) is 18.8 Å². The van der Waals surface area contributed by atoms with Gasteiger partial charge in [0.05, 0.1) is 6.61 Å². The van der Waals surface area contributed by atoms with Gasteiger partial charge in [-0.2, -0.15) is 5.48 Å². The molecular formula is C16H17N3O8. The smallest absolute Gasteiger partial charge is 0.431 e. The van der Waals surface area contributed by atoms with E-state index in [4.69, 9.17) is 4.74 Å². The van der Waals surface area contributed by atoms with Gasteiger partial charge in [-0.1, -0.05) is 25.1 Å². The lowest BCUT2D eigenvalue weighted by Crippen LogP contribution is -2.35. The highest BCUT2D eigenvalue weighted by Crippen LogP contribution is 2.26. The van der Waals surface area contributed by atoms with E-state index in [1.54, 1.807) is 31.2 Å². The Morgan fingerprint density at radius 1 is 1.22 bits per heavy atom. The van der Waals surface area contributed by atoms with Crippen molar-refractivity contribution in [1.82, 2.24) is 10.5 Å². The summed E-state index contributed by atoms with van der Waals surface area (Å²) in [5.41, 5.74) is 2.73. The Balaban J connectivity index is 1.68. The molecule has 1 aromatic carbocycles. The highest BCUT2D eigenvalue weighted by Gasteiger charge is 2.32. The van der Waals surface area contributed by atoms with Gasteiger partial charge in [0.25, 0.3) is 11.8 Å². The van der Waals surface area contributed by atoms with Gasteiger partial charge in [-0.05, 0) is 16.8 Å². The minimum absolute atomic E-state index is 0.0293. The first-order chi connectivity index (χ1) is 12.9. The molecule has 27 heavy (non-hydrogen) atoms. The maximum absolute atomic E-state index is 11.5. The average Bonchev–Trinajstić information content (AvgIpc) is 2.98. The van der Waals surface area contributed by atoms with E-state index >= 15 is 0 Å². The number of hydrogen-bond donors (Lipinski definition) is 1. The number of hydroxylamine groups is 3. The molecule has 1 heterocycles. The van der Waals surface area contributed by atoms with Crippen LogP contribution in [-0.2, 0) is 28.8 Å². The molecule has 1 unspecified atom stereocenters. The number of amides is 3. The molecule has 0 bridgehead atoms. The molecule has 0 spiro atoms. The van der Waals surface area contributed by atoms with Gasteiger partial charge in [-0.3, -0.25) is 14.4 Å². The second kappa shape index (κ2) is 9.38. The van der Waals surface area contributed by atoms with Crippen molar-refractivity contribution in [3.8, 4) is 0 Å². The minimum Gasteiger partial charge on any atom is -0.447 e. The molecule has 1 aromatic rings. The van der Waals surface area contributed by atoms with E-state index < -0.39 is 30.5 Å². The molecule has 0 radical (unpaired) electrons. The second-order valence-corrected chi connectivity index (χ2v) is 5.59. The molecule has 1 N–H and O–H groups in total. The molecule has 1 aliphatic heterocycles. The van der Waals surface area contributed by atoms with Crippen molar-refractivity contribution >= 4 is 29.6 Å². The molecule has 0 aliphatic carbocycles. The van der Waals surface area contributed by atoms with Gasteiger partial charge in [-0.15, -0.1) is 9.97 Å². The predicted octanol–water partition coefficient (Wildman–Crippen LogP) is 1.45. The number of nitrogens with zero attached hydrogens (tertiary/aromatic N) is 2. The van der Waals surface area contributed by atoms with Crippen LogP contribution in [0.3, 0.4) is 0 Å². The predicted molar refractivity (Wildman–Crippen MR) is 87.9 cm³/mol. The molecule has 3 amide bonds. The molecule has 0 aromatic heterocycles. The number of nitroso groups, excluding NO2 is 1. The molecule has 0 saturated carbocycles. The summed E-state index contributed by atoms with van der Waals surface area (Å²) in [5, 5.41) is 3.27. The number of rotatable bonds is 8. The van der Waals surface area contributed by atoms with Gasteiger partial charge in [0.2, 0.25) is 0 Å². The van der Waals surface area contributed by atoms with Crippen LogP contribution >= 0.6 is 0 Å². The minimum atomic E-state index is -1.04. The van der Waals surface area contributed by atoms with Gasteiger partial charge >= 0.3 is 12.1 Å². The van der Waals surface area contributed by atoms with Crippen LogP contribution < -0.4 is 5.48 Å². The molecule has 1 atom stereocenters. The van der Waals surface area contributed by atoms with E-state index in [1.165, 1.54) is 0 Å². The highest BCUT2D eigenvalue weighted by molar-refractivity contribution is 6.01. The maximum Gasteiger partial charge on any atom is 0.431 e. The molecular weight excluding hydrogens is 362 g/mol. The monoisotopic (exact) mass is 379 g/mol. The van der Waals surface area contributed by atoms with Crippen LogP contribution in [0.25, 0.3) is 0 Å². The summed E-state index contributed by atoms with van der Waals surface area (Å²) >= 11 is 0. The van der Waals surface area contributed by atoms with Crippen LogP contribution in [-0.4, -0.2) is 42.2 Å². The molecule has 1 saturated heterocycles. The summed E-state index contributed by atoms with van der Waals surface area (Å²) in [6.07, 6.45) is -1.03. The topological polar surface area (TPSA) is 141 Å². The zero-order valence-corrected chi connectivity index (χ0v) is 14.4. The fraction of sp³-hybridized carbons (Fsp3) is 0.375. The van der Waals surface area contributed by atoms with Crippen molar-refractivity contribution in [3.63, 3.8) is 0 Å². The lowest BCUT2D eigenvalue weighted by molar-refractivity contribution is -0.201. The number of benzene rings is 1. The summed E-state index contributed by atoms with van der Waals surface area (Å²) in [6.45, 7) is 0.933. The van der Waals surface area contributed by atoms with Crippen LogP contribution in [0.5, 0.6) is 0 Å². The van der Waals surface area contributed by atoms with Gasteiger partial charge in [0.1, 0.15) is 5.69 Å². The second-order valence-electron chi connectivity index (χ2n) is 5.59. The number of ether oxygens (including phenoxy) is 1. The van der Waals surface area contributed by atoms with Crippen LogP contribution in [0.4, 0.5) is 10.5 Å². The maximum atomic E-state index is 11.5. The summed E-state index contributed by atoms with van der Waals surface area (Å²) < 4.78 is 4.92. The first-order valence-corrected chi connectivity index (χ1v) is 7.95. The summed E-state index contributed by atoms with van der Waals surface area (Å²) in [7, 11) is 0. The number of carbonyl (C=O) groups is 4. The van der Waals surface area contributed by atoms with E-state index in [2.05, 4.69) is 14.9 Å². The Bertz CT molecular complexity index is 735. The Morgan fingerprint density at radius 3 is 2.56 bits per heavy atom. The van der Waals surface area contributed by atoms with Crippen molar-refractivity contribution in [3.05, 3.63) is 34.7 Å². The third-order valence-corrected chi connectivity index (χ3v) is 3.57. The Morgan fingerprint density at radius 2 is 1.89 bits per heavy atom. The van der Waals surface area contributed by atoms with Crippen molar-refractivity contribution < 1.29 is 33.6 Å². The first-order valence-electron chi connectivity index (χ1n) is 7.95. The molecule has 1 aliphatic rings. The zero-order valence-electron chi connectivity index (χ0n) is 14.4. The number of nitrogens with one attached hydrogen (secondary N) is 1. The zero-order chi connectivity index (χ0) is 19.8. The van der Waals surface area contributed by atoms with Crippen LogP contribution in [0.1, 0.15) is 31.2 Å². The summed E-state index contributed by atoms with van der Waals surface area (Å²) in [6, 6.07) is 6.63. The molecule has 11 heteroatoms. The average molecular weight is 379 g/mol.